The van der Waals surface area contributed by atoms with Crippen molar-refractivity contribution in [2.75, 3.05) is 32.8 Å². The zero-order valence-corrected chi connectivity index (χ0v) is 13.8. The Morgan fingerprint density at radius 1 is 1.26 bits per heavy atom. The minimum atomic E-state index is 0.154. The fourth-order valence-electron chi connectivity index (χ4n) is 4.15. The van der Waals surface area contributed by atoms with Gasteiger partial charge in [-0.2, -0.15) is 0 Å². The van der Waals surface area contributed by atoms with Crippen LogP contribution in [0.5, 0.6) is 0 Å². The number of carbonyl (C=O) groups excluding carboxylic acids is 1. The number of piperidine rings is 1. The van der Waals surface area contributed by atoms with Gasteiger partial charge in [-0.1, -0.05) is 0 Å². The van der Waals surface area contributed by atoms with Gasteiger partial charge in [-0.15, -0.1) is 0 Å². The van der Waals surface area contributed by atoms with Gasteiger partial charge in [0.15, 0.2) is 0 Å². The predicted molar refractivity (Wildman–Crippen MR) is 86.1 cm³/mol. The van der Waals surface area contributed by atoms with Crippen LogP contribution >= 0.6 is 0 Å². The molecule has 2 aliphatic heterocycles. The van der Waals surface area contributed by atoms with E-state index in [0.717, 1.165) is 57.8 Å². The number of nitrogens with zero attached hydrogens (tertiary/aromatic N) is 2. The molecule has 0 spiro atoms. The molecule has 3 heterocycles. The van der Waals surface area contributed by atoms with Gasteiger partial charge in [-0.3, -0.25) is 9.69 Å². The number of ether oxygens (including phenoxy) is 1. The lowest BCUT2D eigenvalue weighted by molar-refractivity contribution is -0.134. The average Bonchev–Trinajstić information content (AvgIpc) is 3.19. The molecule has 1 aromatic rings. The van der Waals surface area contributed by atoms with Crippen molar-refractivity contribution in [3.05, 3.63) is 24.2 Å². The second-order valence-electron chi connectivity index (χ2n) is 7.20. The van der Waals surface area contributed by atoms with Crippen LogP contribution in [-0.4, -0.2) is 60.6 Å². The number of amides is 1. The smallest absolute Gasteiger partial charge is 0.226 e. The standard InChI is InChI=1S/C18H26N2O3/c1-13-12-20(8-10-22-13)14-4-6-19(7-5-14)18(21)16-11-15(16)17-3-2-9-23-17/h2-3,9,13-16H,4-8,10-12H2,1H3/t13-,15+,16+/m1/s1. The zero-order valence-electron chi connectivity index (χ0n) is 13.8. The van der Waals surface area contributed by atoms with Crippen LogP contribution in [0.25, 0.3) is 0 Å². The highest BCUT2D eigenvalue weighted by Crippen LogP contribution is 2.48. The lowest BCUT2D eigenvalue weighted by Gasteiger charge is -2.41. The molecule has 2 saturated heterocycles. The molecule has 1 saturated carbocycles. The molecule has 3 fully saturated rings. The van der Waals surface area contributed by atoms with Crippen molar-refractivity contribution in [2.45, 2.75) is 44.2 Å². The van der Waals surface area contributed by atoms with E-state index < -0.39 is 0 Å². The van der Waals surface area contributed by atoms with E-state index in [1.54, 1.807) is 6.26 Å². The Hall–Kier alpha value is -1.33. The van der Waals surface area contributed by atoms with Crippen LogP contribution in [0.15, 0.2) is 22.8 Å². The van der Waals surface area contributed by atoms with E-state index in [0.29, 0.717) is 24.0 Å². The molecule has 0 bridgehead atoms. The molecule has 0 N–H and O–H groups in total. The quantitative estimate of drug-likeness (QED) is 0.856. The van der Waals surface area contributed by atoms with Crippen molar-refractivity contribution >= 4 is 5.91 Å². The molecule has 5 nitrogen and oxygen atoms in total. The van der Waals surface area contributed by atoms with E-state index in [4.69, 9.17) is 9.15 Å². The van der Waals surface area contributed by atoms with E-state index in [1.165, 1.54) is 0 Å². The summed E-state index contributed by atoms with van der Waals surface area (Å²) in [5.74, 6) is 1.78. The number of likely N-dealkylation sites (tertiary alicyclic amines) is 1. The predicted octanol–water partition coefficient (Wildman–Crippen LogP) is 2.09. The van der Waals surface area contributed by atoms with Gasteiger partial charge in [-0.05, 0) is 38.3 Å². The average molecular weight is 318 g/mol. The maximum Gasteiger partial charge on any atom is 0.226 e. The van der Waals surface area contributed by atoms with Crippen LogP contribution in [0.1, 0.15) is 37.9 Å². The number of carbonyl (C=O) groups is 1. The summed E-state index contributed by atoms with van der Waals surface area (Å²) in [6.45, 7) is 6.85. The number of hydrogen-bond donors (Lipinski definition) is 0. The van der Waals surface area contributed by atoms with Gasteiger partial charge in [0.2, 0.25) is 5.91 Å². The molecule has 3 aliphatic rings. The molecule has 0 radical (unpaired) electrons. The summed E-state index contributed by atoms with van der Waals surface area (Å²) in [6, 6.07) is 4.51. The van der Waals surface area contributed by atoms with Crippen LogP contribution in [-0.2, 0) is 9.53 Å². The summed E-state index contributed by atoms with van der Waals surface area (Å²) in [6.07, 6.45) is 5.17. The van der Waals surface area contributed by atoms with E-state index in [1.807, 2.05) is 12.1 Å². The van der Waals surface area contributed by atoms with Crippen LogP contribution < -0.4 is 0 Å². The maximum atomic E-state index is 12.7. The first-order chi connectivity index (χ1) is 11.2. The Bertz CT molecular complexity index is 536. The molecule has 0 aromatic carbocycles. The highest BCUT2D eigenvalue weighted by atomic mass is 16.5. The lowest BCUT2D eigenvalue weighted by Crippen LogP contribution is -2.52. The summed E-state index contributed by atoms with van der Waals surface area (Å²) < 4.78 is 11.1. The Labute approximate surface area is 137 Å². The highest BCUT2D eigenvalue weighted by Gasteiger charge is 2.48. The minimum absolute atomic E-state index is 0.154. The van der Waals surface area contributed by atoms with Crippen molar-refractivity contribution in [3.8, 4) is 0 Å². The normalized spacial score (nSPS) is 32.9. The lowest BCUT2D eigenvalue weighted by atomic mass is 10.0. The molecule has 3 atom stereocenters. The third-order valence-corrected chi connectivity index (χ3v) is 5.58. The van der Waals surface area contributed by atoms with E-state index in [-0.39, 0.29) is 5.92 Å². The fraction of sp³-hybridized carbons (Fsp3) is 0.722. The first kappa shape index (κ1) is 15.2. The van der Waals surface area contributed by atoms with E-state index in [2.05, 4.69) is 16.7 Å². The Morgan fingerprint density at radius 2 is 2.09 bits per heavy atom. The Kier molecular flexibility index (Phi) is 4.16. The largest absolute Gasteiger partial charge is 0.469 e. The minimum Gasteiger partial charge on any atom is -0.469 e. The summed E-state index contributed by atoms with van der Waals surface area (Å²) >= 11 is 0. The van der Waals surface area contributed by atoms with Crippen LogP contribution in [0, 0.1) is 5.92 Å². The van der Waals surface area contributed by atoms with Gasteiger partial charge in [0.05, 0.1) is 19.0 Å². The molecule has 1 aromatic heterocycles. The van der Waals surface area contributed by atoms with Gasteiger partial charge in [0, 0.05) is 44.1 Å². The van der Waals surface area contributed by atoms with Gasteiger partial charge in [0.1, 0.15) is 5.76 Å². The van der Waals surface area contributed by atoms with E-state index in [9.17, 15) is 4.79 Å². The number of rotatable bonds is 3. The third-order valence-electron chi connectivity index (χ3n) is 5.58. The topological polar surface area (TPSA) is 45.9 Å². The van der Waals surface area contributed by atoms with Crippen LogP contribution in [0.2, 0.25) is 0 Å². The first-order valence-corrected chi connectivity index (χ1v) is 8.90. The summed E-state index contributed by atoms with van der Waals surface area (Å²) in [5, 5.41) is 0. The second-order valence-corrected chi connectivity index (χ2v) is 7.20. The monoisotopic (exact) mass is 318 g/mol. The first-order valence-electron chi connectivity index (χ1n) is 8.90. The second kappa shape index (κ2) is 6.29. The zero-order chi connectivity index (χ0) is 15.8. The third kappa shape index (κ3) is 3.17. The van der Waals surface area contributed by atoms with E-state index >= 15 is 0 Å². The van der Waals surface area contributed by atoms with Crippen molar-refractivity contribution in [3.63, 3.8) is 0 Å². The van der Waals surface area contributed by atoms with Crippen molar-refractivity contribution in [2.24, 2.45) is 5.92 Å². The molecular formula is C18H26N2O3. The van der Waals surface area contributed by atoms with Gasteiger partial charge in [-0.25, -0.2) is 0 Å². The summed E-state index contributed by atoms with van der Waals surface area (Å²) in [7, 11) is 0. The molecule has 23 heavy (non-hydrogen) atoms. The molecule has 0 unspecified atom stereocenters. The molecule has 126 valence electrons. The van der Waals surface area contributed by atoms with Gasteiger partial charge >= 0.3 is 0 Å². The molecule has 1 aliphatic carbocycles. The number of morpholine rings is 1. The van der Waals surface area contributed by atoms with Crippen molar-refractivity contribution < 1.29 is 13.9 Å². The van der Waals surface area contributed by atoms with Crippen LogP contribution in [0.4, 0.5) is 0 Å². The summed E-state index contributed by atoms with van der Waals surface area (Å²) in [4.78, 5) is 17.3. The number of hydrogen-bond acceptors (Lipinski definition) is 4. The van der Waals surface area contributed by atoms with Gasteiger partial charge in [0.25, 0.3) is 0 Å². The molecular weight excluding hydrogens is 292 g/mol. The summed E-state index contributed by atoms with van der Waals surface area (Å²) in [5.41, 5.74) is 0. The Morgan fingerprint density at radius 3 is 2.78 bits per heavy atom. The molecule has 5 heteroatoms. The number of furan rings is 1. The Balaban J connectivity index is 1.27. The SMILES string of the molecule is C[C@@H]1CN(C2CCN(C(=O)[C@H]3C[C@@H]3c3ccco3)CC2)CCO1. The molecule has 1 amide bonds. The van der Waals surface area contributed by atoms with Crippen LogP contribution in [0.3, 0.4) is 0 Å². The highest BCUT2D eigenvalue weighted by molar-refractivity contribution is 5.83. The van der Waals surface area contributed by atoms with Crippen molar-refractivity contribution in [1.82, 2.24) is 9.80 Å². The van der Waals surface area contributed by atoms with Crippen molar-refractivity contribution in [1.29, 1.82) is 0 Å². The van der Waals surface area contributed by atoms with Gasteiger partial charge < -0.3 is 14.1 Å². The molecule has 4 rings (SSSR count). The fourth-order valence-corrected chi connectivity index (χ4v) is 4.15. The maximum absolute atomic E-state index is 12.7.